The fourth-order valence-electron chi connectivity index (χ4n) is 2.77. The van der Waals surface area contributed by atoms with E-state index >= 15 is 0 Å². The van der Waals surface area contributed by atoms with Gasteiger partial charge in [0, 0.05) is 27.4 Å². The monoisotopic (exact) mass is 397 g/mol. The summed E-state index contributed by atoms with van der Waals surface area (Å²) in [6.07, 6.45) is 0.820. The topological polar surface area (TPSA) is 12.0 Å². The summed E-state index contributed by atoms with van der Waals surface area (Å²) in [5.74, 6) is -0.183. The molecule has 0 aromatic heterocycles. The Kier molecular flexibility index (Phi) is 3.98. The van der Waals surface area contributed by atoms with E-state index in [1.54, 1.807) is 12.1 Å². The average Bonchev–Trinajstić information content (AvgIpc) is 2.39. The summed E-state index contributed by atoms with van der Waals surface area (Å²) in [5, 5.41) is 3.35. The van der Waals surface area contributed by atoms with Crippen molar-refractivity contribution in [2.24, 2.45) is 0 Å². The molecule has 0 saturated carbocycles. The maximum atomic E-state index is 13.5. The summed E-state index contributed by atoms with van der Waals surface area (Å²) in [6.45, 7) is 1.83. The van der Waals surface area contributed by atoms with Gasteiger partial charge in [-0.25, -0.2) is 4.39 Å². The van der Waals surface area contributed by atoms with E-state index in [0.717, 1.165) is 34.0 Å². The van der Waals surface area contributed by atoms with Gasteiger partial charge in [0.05, 0.1) is 0 Å². The van der Waals surface area contributed by atoms with Crippen LogP contribution in [0.15, 0.2) is 51.4 Å². The van der Waals surface area contributed by atoms with E-state index in [9.17, 15) is 4.39 Å². The lowest BCUT2D eigenvalue weighted by Crippen LogP contribution is -2.58. The molecule has 1 heterocycles. The van der Waals surface area contributed by atoms with Crippen molar-refractivity contribution in [2.45, 2.75) is 11.8 Å². The maximum absolute atomic E-state index is 13.5. The molecule has 104 valence electrons. The maximum Gasteiger partial charge on any atom is 0.123 e. The van der Waals surface area contributed by atoms with Gasteiger partial charge >= 0.3 is 0 Å². The van der Waals surface area contributed by atoms with Crippen molar-refractivity contribution >= 4 is 31.9 Å². The molecule has 2 aromatic carbocycles. The van der Waals surface area contributed by atoms with Gasteiger partial charge in [-0.15, -0.1) is 0 Å². The second-order valence-corrected chi connectivity index (χ2v) is 6.98. The SMILES string of the molecule is Fc1ccc(Br)c(CC2(c3ccccc3Br)CNC2)c1. The summed E-state index contributed by atoms with van der Waals surface area (Å²) in [6, 6.07) is 13.2. The Bertz CT molecular complexity index is 638. The zero-order chi connectivity index (χ0) is 14.2. The second-order valence-electron chi connectivity index (χ2n) is 5.28. The number of hydrogen-bond acceptors (Lipinski definition) is 1. The third-order valence-corrected chi connectivity index (χ3v) is 5.37. The van der Waals surface area contributed by atoms with E-state index < -0.39 is 0 Å². The van der Waals surface area contributed by atoms with Crippen molar-refractivity contribution < 1.29 is 4.39 Å². The van der Waals surface area contributed by atoms with Crippen molar-refractivity contribution in [3.05, 3.63) is 68.4 Å². The molecule has 1 N–H and O–H groups in total. The van der Waals surface area contributed by atoms with Crippen LogP contribution in [0.1, 0.15) is 11.1 Å². The molecule has 2 aromatic rings. The molecule has 0 amide bonds. The molecule has 1 fully saturated rings. The van der Waals surface area contributed by atoms with E-state index in [1.165, 1.54) is 11.6 Å². The van der Waals surface area contributed by atoms with Crippen molar-refractivity contribution in [1.29, 1.82) is 0 Å². The van der Waals surface area contributed by atoms with Crippen LogP contribution in [0.4, 0.5) is 4.39 Å². The third-order valence-electron chi connectivity index (χ3n) is 3.91. The number of nitrogens with one attached hydrogen (secondary N) is 1. The molecule has 3 rings (SSSR count). The predicted molar refractivity (Wildman–Crippen MR) is 86.5 cm³/mol. The third kappa shape index (κ3) is 2.57. The van der Waals surface area contributed by atoms with E-state index in [2.05, 4.69) is 55.4 Å². The molecule has 20 heavy (non-hydrogen) atoms. The lowest BCUT2D eigenvalue weighted by Gasteiger charge is -2.44. The van der Waals surface area contributed by atoms with Gasteiger partial charge in [0.2, 0.25) is 0 Å². The Morgan fingerprint density at radius 2 is 1.80 bits per heavy atom. The van der Waals surface area contributed by atoms with Crippen LogP contribution in [0.3, 0.4) is 0 Å². The molecular formula is C16H14Br2FN. The first-order valence-corrected chi connectivity index (χ1v) is 8.09. The number of hydrogen-bond donors (Lipinski definition) is 1. The van der Waals surface area contributed by atoms with Gasteiger partial charge in [-0.2, -0.15) is 0 Å². The minimum absolute atomic E-state index is 0.0381. The highest BCUT2D eigenvalue weighted by Gasteiger charge is 2.40. The Morgan fingerprint density at radius 1 is 1.05 bits per heavy atom. The fourth-order valence-corrected chi connectivity index (χ4v) is 3.86. The van der Waals surface area contributed by atoms with Crippen LogP contribution in [-0.4, -0.2) is 13.1 Å². The minimum atomic E-state index is -0.183. The molecule has 1 saturated heterocycles. The Balaban J connectivity index is 1.98. The van der Waals surface area contributed by atoms with Gasteiger partial charge in [-0.3, -0.25) is 0 Å². The fraction of sp³-hybridized carbons (Fsp3) is 0.250. The van der Waals surface area contributed by atoms with Gasteiger partial charge in [0.25, 0.3) is 0 Å². The van der Waals surface area contributed by atoms with E-state index in [0.29, 0.717) is 0 Å². The predicted octanol–water partition coefficient (Wildman–Crippen LogP) is 4.43. The molecule has 4 heteroatoms. The summed E-state index contributed by atoms with van der Waals surface area (Å²) >= 11 is 7.17. The number of halogens is 3. The molecule has 0 unspecified atom stereocenters. The van der Waals surface area contributed by atoms with E-state index in [1.807, 2.05) is 6.07 Å². The van der Waals surface area contributed by atoms with Gasteiger partial charge in [0.1, 0.15) is 5.82 Å². The summed E-state index contributed by atoms with van der Waals surface area (Å²) in [4.78, 5) is 0. The first-order chi connectivity index (χ1) is 9.61. The standard InChI is InChI=1S/C16H14Br2FN/c17-14-6-5-12(19)7-11(14)8-16(9-20-10-16)13-3-1-2-4-15(13)18/h1-7,20H,8-10H2. The molecule has 0 atom stereocenters. The summed E-state index contributed by atoms with van der Waals surface area (Å²) in [5.41, 5.74) is 2.34. The highest BCUT2D eigenvalue weighted by atomic mass is 79.9. The Labute approximate surface area is 134 Å². The van der Waals surface area contributed by atoms with Crippen molar-refractivity contribution in [3.63, 3.8) is 0 Å². The van der Waals surface area contributed by atoms with Crippen LogP contribution in [0.2, 0.25) is 0 Å². The van der Waals surface area contributed by atoms with Crippen LogP contribution < -0.4 is 5.32 Å². The highest BCUT2D eigenvalue weighted by Crippen LogP contribution is 2.38. The molecule has 0 spiro atoms. The Hall–Kier alpha value is -0.710. The molecule has 0 radical (unpaired) electrons. The van der Waals surface area contributed by atoms with Crippen LogP contribution in [0.25, 0.3) is 0 Å². The zero-order valence-corrected chi connectivity index (χ0v) is 14.0. The molecule has 0 bridgehead atoms. The van der Waals surface area contributed by atoms with Crippen molar-refractivity contribution in [3.8, 4) is 0 Å². The van der Waals surface area contributed by atoms with Gasteiger partial charge in [0.15, 0.2) is 0 Å². The molecular weight excluding hydrogens is 385 g/mol. The quantitative estimate of drug-likeness (QED) is 0.806. The van der Waals surface area contributed by atoms with Crippen LogP contribution in [-0.2, 0) is 11.8 Å². The first-order valence-electron chi connectivity index (χ1n) is 6.50. The largest absolute Gasteiger partial charge is 0.315 e. The normalized spacial score (nSPS) is 16.8. The highest BCUT2D eigenvalue weighted by molar-refractivity contribution is 9.10. The number of rotatable bonds is 3. The van der Waals surface area contributed by atoms with Gasteiger partial charge in [-0.05, 0) is 41.8 Å². The lowest BCUT2D eigenvalue weighted by atomic mass is 9.71. The van der Waals surface area contributed by atoms with Crippen molar-refractivity contribution in [2.75, 3.05) is 13.1 Å². The zero-order valence-electron chi connectivity index (χ0n) is 10.8. The minimum Gasteiger partial charge on any atom is -0.315 e. The average molecular weight is 399 g/mol. The molecule has 1 nitrogen and oxygen atoms in total. The van der Waals surface area contributed by atoms with E-state index in [4.69, 9.17) is 0 Å². The summed E-state index contributed by atoms with van der Waals surface area (Å²) < 4.78 is 15.6. The second kappa shape index (κ2) is 5.58. The Morgan fingerprint density at radius 3 is 2.45 bits per heavy atom. The molecule has 0 aliphatic carbocycles. The van der Waals surface area contributed by atoms with E-state index in [-0.39, 0.29) is 11.2 Å². The molecule has 1 aliphatic heterocycles. The van der Waals surface area contributed by atoms with Gasteiger partial charge in [-0.1, -0.05) is 50.1 Å². The number of benzene rings is 2. The molecule has 1 aliphatic rings. The van der Waals surface area contributed by atoms with Gasteiger partial charge < -0.3 is 5.32 Å². The summed E-state index contributed by atoms with van der Waals surface area (Å²) in [7, 11) is 0. The smallest absolute Gasteiger partial charge is 0.123 e. The van der Waals surface area contributed by atoms with Crippen LogP contribution >= 0.6 is 31.9 Å². The van der Waals surface area contributed by atoms with Crippen molar-refractivity contribution in [1.82, 2.24) is 5.32 Å². The first kappa shape index (κ1) is 14.2. The van der Waals surface area contributed by atoms with Crippen LogP contribution in [0, 0.1) is 5.82 Å². The lowest BCUT2D eigenvalue weighted by molar-refractivity contribution is 0.273. The van der Waals surface area contributed by atoms with Crippen LogP contribution in [0.5, 0.6) is 0 Å².